The number of benzene rings is 1. The van der Waals surface area contributed by atoms with Gasteiger partial charge in [0, 0.05) is 11.9 Å². The highest BCUT2D eigenvalue weighted by atomic mass is 32.2. The molecule has 2 rings (SSSR count). The molecule has 0 aliphatic carbocycles. The van der Waals surface area contributed by atoms with Crippen LogP contribution in [0.25, 0.3) is 0 Å². The Balaban J connectivity index is 2.36. The SMILES string of the molecule is CN(N)C(=O)C(C)(C)c1ccc2c(c1)CCCS2. The van der Waals surface area contributed by atoms with Crippen LogP contribution >= 0.6 is 11.8 Å². The van der Waals surface area contributed by atoms with Crippen molar-refractivity contribution >= 4 is 17.7 Å². The first kappa shape index (κ1) is 13.4. The molecule has 3 nitrogen and oxygen atoms in total. The van der Waals surface area contributed by atoms with Crippen molar-refractivity contribution in [3.05, 3.63) is 29.3 Å². The largest absolute Gasteiger partial charge is 0.283 e. The summed E-state index contributed by atoms with van der Waals surface area (Å²) in [5.74, 6) is 6.71. The molecular formula is C14H20N2OS. The second-order valence-electron chi connectivity index (χ2n) is 5.32. The summed E-state index contributed by atoms with van der Waals surface area (Å²) >= 11 is 1.90. The molecule has 0 saturated heterocycles. The van der Waals surface area contributed by atoms with Gasteiger partial charge in [0.2, 0.25) is 5.91 Å². The molecule has 1 heterocycles. The van der Waals surface area contributed by atoms with Crippen molar-refractivity contribution in [1.29, 1.82) is 0 Å². The van der Waals surface area contributed by atoms with Crippen molar-refractivity contribution in [2.75, 3.05) is 12.8 Å². The number of likely N-dealkylation sites (N-methyl/N-ethyl adjacent to an activating group) is 1. The quantitative estimate of drug-likeness (QED) is 0.506. The maximum atomic E-state index is 12.1. The van der Waals surface area contributed by atoms with E-state index in [0.29, 0.717) is 0 Å². The van der Waals surface area contributed by atoms with Gasteiger partial charge in [-0.3, -0.25) is 9.80 Å². The lowest BCUT2D eigenvalue weighted by Gasteiger charge is -2.28. The van der Waals surface area contributed by atoms with E-state index in [1.54, 1.807) is 7.05 Å². The van der Waals surface area contributed by atoms with Crippen LogP contribution in [0.2, 0.25) is 0 Å². The third-order valence-electron chi connectivity index (χ3n) is 3.49. The smallest absolute Gasteiger partial charge is 0.246 e. The van der Waals surface area contributed by atoms with E-state index >= 15 is 0 Å². The van der Waals surface area contributed by atoms with Crippen LogP contribution in [-0.2, 0) is 16.6 Å². The van der Waals surface area contributed by atoms with Crippen molar-refractivity contribution in [2.45, 2.75) is 37.0 Å². The van der Waals surface area contributed by atoms with Crippen LogP contribution in [0.4, 0.5) is 0 Å². The zero-order chi connectivity index (χ0) is 13.3. The number of nitrogens with two attached hydrogens (primary N) is 1. The van der Waals surface area contributed by atoms with Gasteiger partial charge < -0.3 is 0 Å². The first-order valence-corrected chi connectivity index (χ1v) is 7.20. The zero-order valence-corrected chi connectivity index (χ0v) is 12.0. The number of aryl methyl sites for hydroxylation is 1. The number of hydrogen-bond donors (Lipinski definition) is 1. The van der Waals surface area contributed by atoms with Crippen LogP contribution in [0.15, 0.2) is 23.1 Å². The van der Waals surface area contributed by atoms with E-state index in [0.717, 1.165) is 12.0 Å². The van der Waals surface area contributed by atoms with E-state index in [9.17, 15) is 4.79 Å². The molecule has 1 amide bonds. The number of thioether (sulfide) groups is 1. The van der Waals surface area contributed by atoms with Crippen molar-refractivity contribution in [3.63, 3.8) is 0 Å². The Kier molecular flexibility index (Phi) is 3.69. The molecule has 0 bridgehead atoms. The minimum Gasteiger partial charge on any atom is -0.283 e. The van der Waals surface area contributed by atoms with Gasteiger partial charge in [0.05, 0.1) is 5.41 Å². The Labute approximate surface area is 113 Å². The topological polar surface area (TPSA) is 46.3 Å². The van der Waals surface area contributed by atoms with Gasteiger partial charge in [0.1, 0.15) is 0 Å². The van der Waals surface area contributed by atoms with Crippen LogP contribution in [0.5, 0.6) is 0 Å². The molecule has 2 N–H and O–H groups in total. The number of carbonyl (C=O) groups excluding carboxylic acids is 1. The second-order valence-corrected chi connectivity index (χ2v) is 6.45. The van der Waals surface area contributed by atoms with Crippen LogP contribution in [0.3, 0.4) is 0 Å². The van der Waals surface area contributed by atoms with Gasteiger partial charge in [-0.1, -0.05) is 12.1 Å². The van der Waals surface area contributed by atoms with Gasteiger partial charge in [-0.15, -0.1) is 11.8 Å². The molecule has 0 unspecified atom stereocenters. The maximum Gasteiger partial charge on any atom is 0.246 e. The van der Waals surface area contributed by atoms with Crippen LogP contribution in [0, 0.1) is 0 Å². The van der Waals surface area contributed by atoms with Crippen molar-refractivity contribution in [1.82, 2.24) is 5.01 Å². The van der Waals surface area contributed by atoms with Crippen LogP contribution in [-0.4, -0.2) is 23.7 Å². The first-order valence-electron chi connectivity index (χ1n) is 6.22. The number of amides is 1. The van der Waals surface area contributed by atoms with Crippen LogP contribution in [0.1, 0.15) is 31.4 Å². The van der Waals surface area contributed by atoms with Gasteiger partial charge in [-0.05, 0) is 49.6 Å². The number of hydrogen-bond acceptors (Lipinski definition) is 3. The average molecular weight is 264 g/mol. The van der Waals surface area contributed by atoms with E-state index in [-0.39, 0.29) is 5.91 Å². The standard InChI is InChI=1S/C14H20N2OS/c1-14(2,13(17)16(3)15)11-6-7-12-10(9-11)5-4-8-18-12/h6-7,9H,4-5,8,15H2,1-3H3. The highest BCUT2D eigenvalue weighted by Crippen LogP contribution is 2.34. The van der Waals surface area contributed by atoms with Gasteiger partial charge in [0.25, 0.3) is 0 Å². The summed E-state index contributed by atoms with van der Waals surface area (Å²) in [6.45, 7) is 3.85. The molecule has 4 heteroatoms. The second kappa shape index (κ2) is 4.94. The Morgan fingerprint density at radius 1 is 1.44 bits per heavy atom. The first-order chi connectivity index (χ1) is 8.43. The lowest BCUT2D eigenvalue weighted by Crippen LogP contribution is -2.45. The maximum absolute atomic E-state index is 12.1. The Morgan fingerprint density at radius 2 is 2.17 bits per heavy atom. The van der Waals surface area contributed by atoms with Gasteiger partial charge in [-0.25, -0.2) is 5.84 Å². The summed E-state index contributed by atoms with van der Waals surface area (Å²) in [5.41, 5.74) is 1.84. The number of hydrazine groups is 1. The molecule has 0 fully saturated rings. The third-order valence-corrected chi connectivity index (χ3v) is 4.69. The predicted molar refractivity (Wildman–Crippen MR) is 75.5 cm³/mol. The van der Waals surface area contributed by atoms with Gasteiger partial charge in [-0.2, -0.15) is 0 Å². The van der Waals surface area contributed by atoms with Gasteiger partial charge in [0.15, 0.2) is 0 Å². The Bertz CT molecular complexity index is 469. The minimum absolute atomic E-state index is 0.0640. The molecule has 1 aromatic carbocycles. The molecule has 98 valence electrons. The normalized spacial score (nSPS) is 15.1. The Morgan fingerprint density at radius 3 is 2.83 bits per heavy atom. The summed E-state index contributed by atoms with van der Waals surface area (Å²) in [5, 5.41) is 1.17. The number of nitrogens with zero attached hydrogens (tertiary/aromatic N) is 1. The van der Waals surface area contributed by atoms with Crippen LogP contribution < -0.4 is 5.84 Å². The fraction of sp³-hybridized carbons (Fsp3) is 0.500. The van der Waals surface area contributed by atoms with Crippen molar-refractivity contribution < 1.29 is 4.79 Å². The average Bonchev–Trinajstić information content (AvgIpc) is 2.37. The lowest BCUT2D eigenvalue weighted by atomic mass is 9.82. The molecule has 0 aromatic heterocycles. The molecule has 0 spiro atoms. The van der Waals surface area contributed by atoms with E-state index in [4.69, 9.17) is 5.84 Å². The van der Waals surface area contributed by atoms with E-state index in [1.807, 2.05) is 25.6 Å². The van der Waals surface area contributed by atoms with Crippen molar-refractivity contribution in [2.24, 2.45) is 5.84 Å². The Hall–Kier alpha value is -1.00. The summed E-state index contributed by atoms with van der Waals surface area (Å²) in [4.78, 5) is 13.5. The highest BCUT2D eigenvalue weighted by Gasteiger charge is 2.32. The lowest BCUT2D eigenvalue weighted by molar-refractivity contribution is -0.135. The molecule has 0 radical (unpaired) electrons. The monoisotopic (exact) mass is 264 g/mol. The summed E-state index contributed by atoms with van der Waals surface area (Å²) in [6.07, 6.45) is 2.32. The molecule has 1 aliphatic rings. The predicted octanol–water partition coefficient (Wildman–Crippen LogP) is 2.33. The molecule has 1 aromatic rings. The van der Waals surface area contributed by atoms with E-state index in [1.165, 1.54) is 27.6 Å². The summed E-state index contributed by atoms with van der Waals surface area (Å²) in [7, 11) is 1.60. The van der Waals surface area contributed by atoms with Gasteiger partial charge >= 0.3 is 0 Å². The minimum atomic E-state index is -0.569. The zero-order valence-electron chi connectivity index (χ0n) is 11.2. The number of fused-ring (bicyclic) bond motifs is 1. The fourth-order valence-corrected chi connectivity index (χ4v) is 3.33. The molecular weight excluding hydrogens is 244 g/mol. The molecule has 0 atom stereocenters. The summed E-state index contributed by atoms with van der Waals surface area (Å²) in [6, 6.07) is 6.36. The molecule has 18 heavy (non-hydrogen) atoms. The molecule has 1 aliphatic heterocycles. The highest BCUT2D eigenvalue weighted by molar-refractivity contribution is 7.99. The third kappa shape index (κ3) is 2.40. The van der Waals surface area contributed by atoms with E-state index < -0.39 is 5.41 Å². The molecule has 0 saturated carbocycles. The van der Waals surface area contributed by atoms with Crippen molar-refractivity contribution in [3.8, 4) is 0 Å². The summed E-state index contributed by atoms with van der Waals surface area (Å²) < 4.78 is 0. The fourth-order valence-electron chi connectivity index (χ4n) is 2.31. The number of carbonyl (C=O) groups is 1. The van der Waals surface area contributed by atoms with E-state index in [2.05, 4.69) is 18.2 Å². The number of rotatable bonds is 2.